The van der Waals surface area contributed by atoms with Crippen molar-refractivity contribution in [2.45, 2.75) is 19.4 Å². The summed E-state index contributed by atoms with van der Waals surface area (Å²) in [4.78, 5) is 4.61. The molecule has 1 aromatic heterocycles. The molecule has 1 N–H and O–H groups in total. The summed E-state index contributed by atoms with van der Waals surface area (Å²) in [6.07, 6.45) is 0. The Labute approximate surface area is 88.0 Å². The topological polar surface area (TPSA) is 24.9 Å². The minimum atomic E-state index is -0.0380. The molecule has 14 heavy (non-hydrogen) atoms. The van der Waals surface area contributed by atoms with Crippen LogP contribution in [0, 0.1) is 0 Å². The Bertz CT molecular complexity index is 412. The highest BCUT2D eigenvalue weighted by Crippen LogP contribution is 2.29. The minimum absolute atomic E-state index is 0.0380. The van der Waals surface area contributed by atoms with E-state index in [-0.39, 0.29) is 5.54 Å². The molecule has 0 amide bonds. The second-order valence-corrected chi connectivity index (χ2v) is 4.89. The van der Waals surface area contributed by atoms with Gasteiger partial charge in [-0.05, 0) is 33.0 Å². The summed E-state index contributed by atoms with van der Waals surface area (Å²) in [5, 5.41) is 4.41. The van der Waals surface area contributed by atoms with Crippen molar-refractivity contribution in [3.63, 3.8) is 0 Å². The van der Waals surface area contributed by atoms with Crippen molar-refractivity contribution in [1.82, 2.24) is 10.3 Å². The van der Waals surface area contributed by atoms with Crippen LogP contribution in [0.5, 0.6) is 0 Å². The third kappa shape index (κ3) is 1.53. The van der Waals surface area contributed by atoms with Crippen molar-refractivity contribution in [1.29, 1.82) is 0 Å². The van der Waals surface area contributed by atoms with Gasteiger partial charge in [-0.3, -0.25) is 0 Å². The molecule has 2 aromatic rings. The van der Waals surface area contributed by atoms with E-state index in [9.17, 15) is 0 Å². The second kappa shape index (κ2) is 3.33. The lowest BCUT2D eigenvalue weighted by atomic mass is 10.1. The molecule has 0 fully saturated rings. The molecule has 2 rings (SSSR count). The van der Waals surface area contributed by atoms with Gasteiger partial charge in [-0.1, -0.05) is 12.1 Å². The van der Waals surface area contributed by atoms with Crippen molar-refractivity contribution in [3.05, 3.63) is 29.3 Å². The molecule has 0 bridgehead atoms. The highest BCUT2D eigenvalue weighted by Gasteiger charge is 2.21. The van der Waals surface area contributed by atoms with E-state index in [0.717, 1.165) is 10.5 Å². The zero-order valence-electron chi connectivity index (χ0n) is 8.66. The van der Waals surface area contributed by atoms with Crippen molar-refractivity contribution < 1.29 is 0 Å². The number of nitrogens with zero attached hydrogens (tertiary/aromatic N) is 1. The predicted molar refractivity (Wildman–Crippen MR) is 61.7 cm³/mol. The average Bonchev–Trinajstić information content (AvgIpc) is 2.61. The van der Waals surface area contributed by atoms with Gasteiger partial charge in [0.25, 0.3) is 0 Å². The van der Waals surface area contributed by atoms with E-state index in [4.69, 9.17) is 0 Å². The first-order valence-electron chi connectivity index (χ1n) is 4.68. The molecule has 0 aliphatic heterocycles. The smallest absolute Gasteiger partial charge is 0.113 e. The lowest BCUT2D eigenvalue weighted by molar-refractivity contribution is 0.443. The van der Waals surface area contributed by atoms with Crippen LogP contribution in [0.25, 0.3) is 10.2 Å². The summed E-state index contributed by atoms with van der Waals surface area (Å²) < 4.78 is 1.26. The molecule has 0 atom stereocenters. The molecule has 3 heteroatoms. The van der Waals surface area contributed by atoms with Gasteiger partial charge in [0.15, 0.2) is 0 Å². The summed E-state index contributed by atoms with van der Waals surface area (Å²) >= 11 is 1.76. The normalized spacial score (nSPS) is 12.2. The number of para-hydroxylation sites is 1. The molecule has 0 saturated heterocycles. The van der Waals surface area contributed by atoms with E-state index in [1.165, 1.54) is 4.70 Å². The Balaban J connectivity index is 2.55. The molecule has 1 aromatic carbocycles. The predicted octanol–water partition coefficient (Wildman–Crippen LogP) is 2.75. The summed E-state index contributed by atoms with van der Waals surface area (Å²) in [6.45, 7) is 4.29. The highest BCUT2D eigenvalue weighted by molar-refractivity contribution is 7.18. The molecule has 2 nitrogen and oxygen atoms in total. The van der Waals surface area contributed by atoms with Crippen LogP contribution in [0.15, 0.2) is 24.3 Å². The number of hydrogen-bond donors (Lipinski definition) is 1. The highest BCUT2D eigenvalue weighted by atomic mass is 32.1. The minimum Gasteiger partial charge on any atom is -0.309 e. The van der Waals surface area contributed by atoms with Crippen LogP contribution >= 0.6 is 11.3 Å². The first-order valence-corrected chi connectivity index (χ1v) is 5.50. The van der Waals surface area contributed by atoms with Crippen LogP contribution in [0.1, 0.15) is 18.9 Å². The Morgan fingerprint density at radius 3 is 2.64 bits per heavy atom. The maximum absolute atomic E-state index is 4.61. The van der Waals surface area contributed by atoms with Crippen LogP contribution in [-0.2, 0) is 5.54 Å². The Kier molecular flexibility index (Phi) is 2.29. The molecule has 0 spiro atoms. The van der Waals surface area contributed by atoms with Crippen LogP contribution in [0.3, 0.4) is 0 Å². The third-order valence-corrected chi connectivity index (χ3v) is 3.81. The first kappa shape index (κ1) is 9.62. The largest absolute Gasteiger partial charge is 0.309 e. The van der Waals surface area contributed by atoms with Crippen LogP contribution in [0.4, 0.5) is 0 Å². The average molecular weight is 206 g/mol. The Morgan fingerprint density at radius 2 is 2.00 bits per heavy atom. The zero-order chi connectivity index (χ0) is 10.2. The summed E-state index contributed by atoms with van der Waals surface area (Å²) in [5.41, 5.74) is 1.06. The standard InChI is InChI=1S/C11H14N2S/c1-11(2,12-3)10-13-8-6-4-5-7-9(8)14-10/h4-7,12H,1-3H3. The van der Waals surface area contributed by atoms with E-state index >= 15 is 0 Å². The maximum atomic E-state index is 4.61. The van der Waals surface area contributed by atoms with Gasteiger partial charge < -0.3 is 5.32 Å². The van der Waals surface area contributed by atoms with Crippen LogP contribution in [0.2, 0.25) is 0 Å². The summed E-state index contributed by atoms with van der Waals surface area (Å²) in [5.74, 6) is 0. The fourth-order valence-corrected chi connectivity index (χ4v) is 2.32. The van der Waals surface area contributed by atoms with Gasteiger partial charge in [-0.15, -0.1) is 11.3 Å². The quantitative estimate of drug-likeness (QED) is 0.817. The number of thiazole rings is 1. The van der Waals surface area contributed by atoms with E-state index in [2.05, 4.69) is 42.3 Å². The summed E-state index contributed by atoms with van der Waals surface area (Å²) in [6, 6.07) is 8.25. The van der Waals surface area contributed by atoms with Gasteiger partial charge in [-0.2, -0.15) is 0 Å². The number of aromatic nitrogens is 1. The van der Waals surface area contributed by atoms with E-state index in [1.807, 2.05) is 13.1 Å². The molecule has 74 valence electrons. The fraction of sp³-hybridized carbons (Fsp3) is 0.364. The van der Waals surface area contributed by atoms with Crippen molar-refractivity contribution in [3.8, 4) is 0 Å². The molecule has 1 heterocycles. The molecule has 0 unspecified atom stereocenters. The van der Waals surface area contributed by atoms with Gasteiger partial charge in [-0.25, -0.2) is 4.98 Å². The molecular formula is C11H14N2S. The SMILES string of the molecule is CNC(C)(C)c1nc2ccccc2s1. The fourth-order valence-electron chi connectivity index (χ4n) is 1.25. The van der Waals surface area contributed by atoms with Gasteiger partial charge >= 0.3 is 0 Å². The Hall–Kier alpha value is -0.930. The van der Waals surface area contributed by atoms with Crippen molar-refractivity contribution in [2.75, 3.05) is 7.05 Å². The van der Waals surface area contributed by atoms with Crippen molar-refractivity contribution in [2.24, 2.45) is 0 Å². The van der Waals surface area contributed by atoms with Gasteiger partial charge in [0.2, 0.25) is 0 Å². The summed E-state index contributed by atoms with van der Waals surface area (Å²) in [7, 11) is 1.96. The molecule has 0 aliphatic rings. The van der Waals surface area contributed by atoms with Crippen LogP contribution < -0.4 is 5.32 Å². The number of rotatable bonds is 2. The number of nitrogens with one attached hydrogen (secondary N) is 1. The lowest BCUT2D eigenvalue weighted by Crippen LogP contribution is -2.32. The second-order valence-electron chi connectivity index (χ2n) is 3.86. The number of benzene rings is 1. The van der Waals surface area contributed by atoms with E-state index in [0.29, 0.717) is 0 Å². The molecular weight excluding hydrogens is 192 g/mol. The monoisotopic (exact) mass is 206 g/mol. The van der Waals surface area contributed by atoms with Gasteiger partial charge in [0, 0.05) is 0 Å². The van der Waals surface area contributed by atoms with E-state index in [1.54, 1.807) is 11.3 Å². The number of fused-ring (bicyclic) bond motifs is 1. The third-order valence-electron chi connectivity index (χ3n) is 2.45. The van der Waals surface area contributed by atoms with Crippen molar-refractivity contribution >= 4 is 21.6 Å². The zero-order valence-corrected chi connectivity index (χ0v) is 9.48. The molecule has 0 radical (unpaired) electrons. The number of hydrogen-bond acceptors (Lipinski definition) is 3. The van der Waals surface area contributed by atoms with Gasteiger partial charge in [0.05, 0.1) is 15.8 Å². The van der Waals surface area contributed by atoms with Crippen LogP contribution in [-0.4, -0.2) is 12.0 Å². The van der Waals surface area contributed by atoms with E-state index < -0.39 is 0 Å². The maximum Gasteiger partial charge on any atom is 0.113 e. The molecule has 0 aliphatic carbocycles. The van der Waals surface area contributed by atoms with Gasteiger partial charge in [0.1, 0.15) is 5.01 Å². The lowest BCUT2D eigenvalue weighted by Gasteiger charge is -2.20. The molecule has 0 saturated carbocycles. The Morgan fingerprint density at radius 1 is 1.29 bits per heavy atom. The first-order chi connectivity index (χ1) is 6.63.